The van der Waals surface area contributed by atoms with Gasteiger partial charge in [-0.05, 0) is 25.0 Å². The molecule has 3 rings (SSSR count). The molecule has 106 valence electrons. The molecule has 0 N–H and O–H groups in total. The molecule has 0 aliphatic carbocycles. The summed E-state index contributed by atoms with van der Waals surface area (Å²) < 4.78 is 5.73. The molecule has 0 amide bonds. The Hall–Kier alpha value is -1.33. The predicted octanol–water partition coefficient (Wildman–Crippen LogP) is 3.49. The first-order valence-electron chi connectivity index (χ1n) is 6.70. The van der Waals surface area contributed by atoms with Crippen molar-refractivity contribution in [3.05, 3.63) is 34.9 Å². The first kappa shape index (κ1) is 13.6. The fourth-order valence-electron chi connectivity index (χ4n) is 2.44. The summed E-state index contributed by atoms with van der Waals surface area (Å²) in [6.45, 7) is 2.74. The van der Waals surface area contributed by atoms with Gasteiger partial charge < -0.3 is 9.64 Å². The van der Waals surface area contributed by atoms with Crippen LogP contribution in [0.25, 0.3) is 0 Å². The highest BCUT2D eigenvalue weighted by atomic mass is 35.5. The molecule has 0 aromatic carbocycles. The Kier molecular flexibility index (Phi) is 4.38. The molecule has 20 heavy (non-hydrogen) atoms. The summed E-state index contributed by atoms with van der Waals surface area (Å²) in [6.07, 6.45) is 5.82. The van der Waals surface area contributed by atoms with Gasteiger partial charge in [0.15, 0.2) is 0 Å². The van der Waals surface area contributed by atoms with E-state index in [4.69, 9.17) is 16.3 Å². The van der Waals surface area contributed by atoms with Gasteiger partial charge in [0, 0.05) is 36.8 Å². The summed E-state index contributed by atoms with van der Waals surface area (Å²) in [5.41, 5.74) is 0. The summed E-state index contributed by atoms with van der Waals surface area (Å²) in [7, 11) is 0. The summed E-state index contributed by atoms with van der Waals surface area (Å²) in [5.74, 6) is 1.51. The molecule has 0 bridgehead atoms. The summed E-state index contributed by atoms with van der Waals surface area (Å²) in [5, 5.41) is 3.36. The first-order chi connectivity index (χ1) is 9.81. The molecule has 1 fully saturated rings. The van der Waals surface area contributed by atoms with Gasteiger partial charge >= 0.3 is 0 Å². The molecule has 6 heteroatoms. The Morgan fingerprint density at radius 1 is 1.40 bits per heavy atom. The number of anilines is 1. The van der Waals surface area contributed by atoms with E-state index in [0.717, 1.165) is 37.1 Å². The fraction of sp³-hybridized carbons (Fsp3) is 0.429. The van der Waals surface area contributed by atoms with Crippen LogP contribution in [-0.2, 0) is 0 Å². The van der Waals surface area contributed by atoms with Gasteiger partial charge in [0.05, 0.1) is 11.6 Å². The monoisotopic (exact) mass is 309 g/mol. The number of rotatable bonds is 4. The van der Waals surface area contributed by atoms with Gasteiger partial charge in [0.25, 0.3) is 5.19 Å². The quantitative estimate of drug-likeness (QED) is 0.866. The van der Waals surface area contributed by atoms with Crippen molar-refractivity contribution in [1.29, 1.82) is 0 Å². The maximum Gasteiger partial charge on any atom is 0.273 e. The average Bonchev–Trinajstić information content (AvgIpc) is 3.00. The lowest BCUT2D eigenvalue weighted by atomic mass is 9.99. The molecule has 1 atom stereocenters. The van der Waals surface area contributed by atoms with E-state index in [1.807, 2.05) is 17.5 Å². The van der Waals surface area contributed by atoms with Crippen molar-refractivity contribution in [2.45, 2.75) is 12.8 Å². The summed E-state index contributed by atoms with van der Waals surface area (Å²) in [4.78, 5) is 10.8. The number of nitrogens with zero attached hydrogens (tertiary/aromatic N) is 3. The van der Waals surface area contributed by atoms with E-state index in [2.05, 4.69) is 14.9 Å². The molecule has 0 radical (unpaired) electrons. The van der Waals surface area contributed by atoms with Crippen molar-refractivity contribution < 1.29 is 4.74 Å². The lowest BCUT2D eigenvalue weighted by Gasteiger charge is -2.33. The number of piperidine rings is 1. The average molecular weight is 310 g/mol. The van der Waals surface area contributed by atoms with Gasteiger partial charge in [-0.1, -0.05) is 22.9 Å². The summed E-state index contributed by atoms with van der Waals surface area (Å²) in [6, 6.07) is 3.87. The van der Waals surface area contributed by atoms with E-state index in [-0.39, 0.29) is 0 Å². The van der Waals surface area contributed by atoms with Crippen LogP contribution in [0.4, 0.5) is 5.82 Å². The van der Waals surface area contributed by atoms with Crippen LogP contribution in [0.5, 0.6) is 5.19 Å². The van der Waals surface area contributed by atoms with Crippen molar-refractivity contribution in [2.24, 2.45) is 5.92 Å². The van der Waals surface area contributed by atoms with Gasteiger partial charge in [-0.3, -0.25) is 0 Å². The van der Waals surface area contributed by atoms with Crippen molar-refractivity contribution in [1.82, 2.24) is 9.97 Å². The van der Waals surface area contributed by atoms with E-state index < -0.39 is 0 Å². The third-order valence-corrected chi connectivity index (χ3v) is 4.31. The topological polar surface area (TPSA) is 38.2 Å². The number of thiazole rings is 1. The molecule has 1 aliphatic heterocycles. The Morgan fingerprint density at radius 3 is 3.10 bits per heavy atom. The Bertz CT molecular complexity index is 532. The van der Waals surface area contributed by atoms with E-state index >= 15 is 0 Å². The van der Waals surface area contributed by atoms with Crippen LogP contribution < -0.4 is 9.64 Å². The highest BCUT2D eigenvalue weighted by Gasteiger charge is 2.21. The summed E-state index contributed by atoms with van der Waals surface area (Å²) >= 11 is 7.42. The van der Waals surface area contributed by atoms with Gasteiger partial charge in [-0.2, -0.15) is 0 Å². The number of hydrogen-bond acceptors (Lipinski definition) is 5. The van der Waals surface area contributed by atoms with Gasteiger partial charge in [-0.25, -0.2) is 9.97 Å². The lowest BCUT2D eigenvalue weighted by Crippen LogP contribution is -2.38. The molecule has 1 saturated heterocycles. The van der Waals surface area contributed by atoms with Gasteiger partial charge in [0.2, 0.25) is 0 Å². The Morgan fingerprint density at radius 2 is 2.35 bits per heavy atom. The van der Waals surface area contributed by atoms with E-state index in [0.29, 0.717) is 10.9 Å². The van der Waals surface area contributed by atoms with Gasteiger partial charge in [0.1, 0.15) is 5.82 Å². The number of aromatic nitrogens is 2. The van der Waals surface area contributed by atoms with Crippen LogP contribution in [-0.4, -0.2) is 29.7 Å². The maximum atomic E-state index is 5.88. The molecule has 3 heterocycles. The normalized spacial score (nSPS) is 19.1. The molecule has 1 unspecified atom stereocenters. The second kappa shape index (κ2) is 6.41. The van der Waals surface area contributed by atoms with Crippen molar-refractivity contribution in [3.8, 4) is 5.19 Å². The number of halogens is 1. The first-order valence-corrected chi connectivity index (χ1v) is 7.96. The molecular formula is C14H16ClN3OS. The van der Waals surface area contributed by atoms with E-state index in [1.54, 1.807) is 12.4 Å². The minimum Gasteiger partial charge on any atom is -0.470 e. The van der Waals surface area contributed by atoms with Crippen LogP contribution in [0.1, 0.15) is 12.8 Å². The van der Waals surface area contributed by atoms with Crippen LogP contribution >= 0.6 is 22.9 Å². The number of ether oxygens (including phenoxy) is 1. The zero-order chi connectivity index (χ0) is 13.8. The third kappa shape index (κ3) is 3.41. The molecule has 4 nitrogen and oxygen atoms in total. The highest BCUT2D eigenvalue weighted by molar-refractivity contribution is 7.11. The Labute approximate surface area is 127 Å². The molecule has 0 saturated carbocycles. The number of pyridine rings is 1. The zero-order valence-electron chi connectivity index (χ0n) is 11.0. The Balaban J connectivity index is 1.57. The van der Waals surface area contributed by atoms with Crippen LogP contribution in [0.3, 0.4) is 0 Å². The van der Waals surface area contributed by atoms with E-state index in [9.17, 15) is 0 Å². The highest BCUT2D eigenvalue weighted by Crippen LogP contribution is 2.24. The number of hydrogen-bond donors (Lipinski definition) is 0. The smallest absolute Gasteiger partial charge is 0.273 e. The standard InChI is InChI=1S/C14H16ClN3OS/c15-12-3-4-13(17-8-12)18-6-1-2-11(9-18)10-19-14-16-5-7-20-14/h3-5,7-8,11H,1-2,6,9-10H2. The maximum absolute atomic E-state index is 5.88. The van der Waals surface area contributed by atoms with Crippen molar-refractivity contribution >= 4 is 28.8 Å². The van der Waals surface area contributed by atoms with E-state index in [1.165, 1.54) is 17.8 Å². The largest absolute Gasteiger partial charge is 0.470 e. The van der Waals surface area contributed by atoms with Crippen LogP contribution in [0.2, 0.25) is 5.02 Å². The van der Waals surface area contributed by atoms with Crippen molar-refractivity contribution in [3.63, 3.8) is 0 Å². The minimum atomic E-state index is 0.519. The molecule has 2 aromatic heterocycles. The third-order valence-electron chi connectivity index (χ3n) is 3.41. The second-order valence-electron chi connectivity index (χ2n) is 4.90. The predicted molar refractivity (Wildman–Crippen MR) is 81.8 cm³/mol. The minimum absolute atomic E-state index is 0.519. The van der Waals surface area contributed by atoms with Crippen LogP contribution in [0, 0.1) is 5.92 Å². The molecule has 2 aromatic rings. The lowest BCUT2D eigenvalue weighted by molar-refractivity contribution is 0.228. The second-order valence-corrected chi connectivity index (χ2v) is 6.19. The fourth-order valence-corrected chi connectivity index (χ4v) is 3.04. The van der Waals surface area contributed by atoms with Gasteiger partial charge in [-0.15, -0.1) is 0 Å². The van der Waals surface area contributed by atoms with Crippen molar-refractivity contribution in [2.75, 3.05) is 24.6 Å². The molecule has 0 spiro atoms. The van der Waals surface area contributed by atoms with Crippen LogP contribution in [0.15, 0.2) is 29.9 Å². The molecular weight excluding hydrogens is 294 g/mol. The molecule has 1 aliphatic rings. The zero-order valence-corrected chi connectivity index (χ0v) is 12.6. The SMILES string of the molecule is Clc1ccc(N2CCCC(COc3nccs3)C2)nc1.